The monoisotopic (exact) mass is 287 g/mol. The van der Waals surface area contributed by atoms with Gasteiger partial charge in [-0.2, -0.15) is 9.97 Å². The number of carbonyl (C=O) groups is 1. The molecule has 104 valence electrons. The Hall–Kier alpha value is -1.60. The highest BCUT2D eigenvalue weighted by Crippen LogP contribution is 2.21. The zero-order valence-corrected chi connectivity index (χ0v) is 11.4. The van der Waals surface area contributed by atoms with Gasteiger partial charge in [0, 0.05) is 12.6 Å². The molecule has 2 rings (SSSR count). The van der Waals surface area contributed by atoms with Gasteiger partial charge in [0.2, 0.25) is 0 Å². The Morgan fingerprint density at radius 1 is 1.53 bits per heavy atom. The number of rotatable bonds is 3. The van der Waals surface area contributed by atoms with Crippen LogP contribution in [0.1, 0.15) is 0 Å². The zero-order chi connectivity index (χ0) is 13.8. The normalized spacial score (nSPS) is 19.1. The topological polar surface area (TPSA) is 73.8 Å². The van der Waals surface area contributed by atoms with Crippen LogP contribution in [-0.2, 0) is 14.3 Å². The molecule has 0 aromatic carbocycles. The van der Waals surface area contributed by atoms with Gasteiger partial charge in [-0.05, 0) is 0 Å². The molecule has 0 radical (unpaired) electrons. The molecule has 0 saturated carbocycles. The highest BCUT2D eigenvalue weighted by Gasteiger charge is 2.28. The molecule has 0 amide bonds. The van der Waals surface area contributed by atoms with Crippen LogP contribution in [0.2, 0.25) is 5.15 Å². The molecular weight excluding hydrogens is 274 g/mol. The van der Waals surface area contributed by atoms with Crippen LogP contribution in [0.25, 0.3) is 0 Å². The van der Waals surface area contributed by atoms with E-state index in [9.17, 15) is 4.79 Å². The van der Waals surface area contributed by atoms with E-state index in [4.69, 9.17) is 21.1 Å². The lowest BCUT2D eigenvalue weighted by Crippen LogP contribution is -2.46. The molecule has 0 spiro atoms. The predicted octanol–water partition coefficient (Wildman–Crippen LogP) is 0.517. The fourth-order valence-electron chi connectivity index (χ4n) is 1.77. The summed E-state index contributed by atoms with van der Waals surface area (Å²) in [5.41, 5.74) is 0. The van der Waals surface area contributed by atoms with E-state index in [-0.39, 0.29) is 11.2 Å². The molecule has 1 unspecified atom stereocenters. The molecule has 1 saturated heterocycles. The molecule has 1 atom stereocenters. The van der Waals surface area contributed by atoms with Crippen molar-refractivity contribution in [3.8, 4) is 6.01 Å². The Kier molecular flexibility index (Phi) is 4.39. The summed E-state index contributed by atoms with van der Waals surface area (Å²) in [5, 5.41) is 0.281. The molecule has 1 aliphatic rings. The summed E-state index contributed by atoms with van der Waals surface area (Å²) < 4.78 is 15.0. The first kappa shape index (κ1) is 13.8. The van der Waals surface area contributed by atoms with Gasteiger partial charge in [0.05, 0.1) is 27.4 Å². The molecule has 19 heavy (non-hydrogen) atoms. The van der Waals surface area contributed by atoms with Crippen LogP contribution < -0.4 is 9.64 Å². The van der Waals surface area contributed by atoms with Crippen molar-refractivity contribution in [3.05, 3.63) is 11.2 Å². The van der Waals surface area contributed by atoms with Gasteiger partial charge in [0.25, 0.3) is 0 Å². The molecule has 1 aromatic heterocycles. The van der Waals surface area contributed by atoms with Gasteiger partial charge in [-0.3, -0.25) is 0 Å². The molecule has 1 aromatic rings. The van der Waals surface area contributed by atoms with Gasteiger partial charge in [-0.25, -0.2) is 4.79 Å². The number of hydrogen-bond donors (Lipinski definition) is 0. The average molecular weight is 288 g/mol. The van der Waals surface area contributed by atoms with E-state index in [1.807, 2.05) is 4.90 Å². The standard InChI is InChI=1S/C11H14ClN3O4/c1-17-10(16)7-6-15(3-4-19-7)9-5-8(12)13-11(14-9)18-2/h5,7H,3-4,6H2,1-2H3. The molecule has 8 heteroatoms. The third-order valence-electron chi connectivity index (χ3n) is 2.70. The van der Waals surface area contributed by atoms with Crippen LogP contribution in [0.3, 0.4) is 0 Å². The second-order valence-corrected chi connectivity index (χ2v) is 4.25. The van der Waals surface area contributed by atoms with E-state index in [1.54, 1.807) is 6.07 Å². The summed E-state index contributed by atoms with van der Waals surface area (Å²) in [7, 11) is 2.79. The van der Waals surface area contributed by atoms with Crippen molar-refractivity contribution in [2.45, 2.75) is 6.10 Å². The van der Waals surface area contributed by atoms with Crippen LogP contribution in [0.4, 0.5) is 5.82 Å². The van der Waals surface area contributed by atoms with Gasteiger partial charge in [0.15, 0.2) is 6.10 Å². The molecule has 1 aliphatic heterocycles. The van der Waals surface area contributed by atoms with Crippen molar-refractivity contribution in [1.29, 1.82) is 0 Å². The van der Waals surface area contributed by atoms with Crippen molar-refractivity contribution in [3.63, 3.8) is 0 Å². The van der Waals surface area contributed by atoms with Crippen molar-refractivity contribution in [1.82, 2.24) is 9.97 Å². The van der Waals surface area contributed by atoms with Gasteiger partial charge in [-0.15, -0.1) is 0 Å². The SMILES string of the molecule is COC(=O)C1CN(c2cc(Cl)nc(OC)n2)CCO1. The van der Waals surface area contributed by atoms with E-state index >= 15 is 0 Å². The quantitative estimate of drug-likeness (QED) is 0.592. The Morgan fingerprint density at radius 2 is 2.32 bits per heavy atom. The number of hydrogen-bond acceptors (Lipinski definition) is 7. The average Bonchev–Trinajstić information content (AvgIpc) is 2.45. The summed E-state index contributed by atoms with van der Waals surface area (Å²) in [6, 6.07) is 1.80. The highest BCUT2D eigenvalue weighted by molar-refractivity contribution is 6.29. The molecule has 2 heterocycles. The number of anilines is 1. The van der Waals surface area contributed by atoms with Crippen molar-refractivity contribution in [2.75, 3.05) is 38.8 Å². The number of carbonyl (C=O) groups excluding carboxylic acids is 1. The summed E-state index contributed by atoms with van der Waals surface area (Å²) in [6.45, 7) is 1.36. The predicted molar refractivity (Wildman–Crippen MR) is 67.6 cm³/mol. The Balaban J connectivity index is 2.17. The van der Waals surface area contributed by atoms with E-state index in [0.29, 0.717) is 25.5 Å². The van der Waals surface area contributed by atoms with Crippen LogP contribution in [0, 0.1) is 0 Å². The second-order valence-electron chi connectivity index (χ2n) is 3.86. The molecular formula is C11H14ClN3O4. The highest BCUT2D eigenvalue weighted by atomic mass is 35.5. The number of morpholine rings is 1. The van der Waals surface area contributed by atoms with Crippen molar-refractivity contribution < 1.29 is 19.0 Å². The largest absolute Gasteiger partial charge is 0.467 e. The lowest BCUT2D eigenvalue weighted by Gasteiger charge is -2.32. The fourth-order valence-corrected chi connectivity index (χ4v) is 1.94. The number of halogens is 1. The van der Waals surface area contributed by atoms with Crippen LogP contribution in [-0.4, -0.2) is 56.0 Å². The molecule has 0 aliphatic carbocycles. The van der Waals surface area contributed by atoms with Gasteiger partial charge in [-0.1, -0.05) is 11.6 Å². The Labute approximate surface area is 115 Å². The van der Waals surface area contributed by atoms with Crippen LogP contribution >= 0.6 is 11.6 Å². The van der Waals surface area contributed by atoms with Crippen molar-refractivity contribution >= 4 is 23.4 Å². The van der Waals surface area contributed by atoms with E-state index < -0.39 is 12.1 Å². The Morgan fingerprint density at radius 3 is 3.00 bits per heavy atom. The smallest absolute Gasteiger partial charge is 0.336 e. The first-order chi connectivity index (χ1) is 9.13. The van der Waals surface area contributed by atoms with Gasteiger partial charge >= 0.3 is 12.0 Å². The van der Waals surface area contributed by atoms with E-state index in [1.165, 1.54) is 14.2 Å². The minimum Gasteiger partial charge on any atom is -0.467 e. The number of nitrogens with zero attached hydrogens (tertiary/aromatic N) is 3. The maximum atomic E-state index is 11.5. The molecule has 0 bridgehead atoms. The number of methoxy groups -OCH3 is 2. The molecule has 1 fully saturated rings. The third kappa shape index (κ3) is 3.24. The Bertz CT molecular complexity index is 471. The number of aromatic nitrogens is 2. The maximum Gasteiger partial charge on any atom is 0.336 e. The number of esters is 1. The third-order valence-corrected chi connectivity index (χ3v) is 2.89. The van der Waals surface area contributed by atoms with Crippen LogP contribution in [0.15, 0.2) is 6.07 Å². The molecule has 7 nitrogen and oxygen atoms in total. The van der Waals surface area contributed by atoms with Crippen molar-refractivity contribution in [2.24, 2.45) is 0 Å². The minimum atomic E-state index is -0.626. The minimum absolute atomic E-state index is 0.184. The lowest BCUT2D eigenvalue weighted by molar-refractivity contribution is -0.154. The number of ether oxygens (including phenoxy) is 3. The molecule has 0 N–H and O–H groups in total. The lowest BCUT2D eigenvalue weighted by atomic mass is 10.2. The zero-order valence-electron chi connectivity index (χ0n) is 10.6. The first-order valence-corrected chi connectivity index (χ1v) is 6.04. The summed E-state index contributed by atoms with van der Waals surface area (Å²) >= 11 is 5.89. The second kappa shape index (κ2) is 6.03. The van der Waals surface area contributed by atoms with Gasteiger partial charge < -0.3 is 19.1 Å². The van der Waals surface area contributed by atoms with Gasteiger partial charge in [0.1, 0.15) is 11.0 Å². The van der Waals surface area contributed by atoms with Crippen LogP contribution in [0.5, 0.6) is 6.01 Å². The van der Waals surface area contributed by atoms with E-state index in [2.05, 4.69) is 14.7 Å². The summed E-state index contributed by atoms with van der Waals surface area (Å²) in [4.78, 5) is 21.4. The maximum absolute atomic E-state index is 11.5. The van der Waals surface area contributed by atoms with E-state index in [0.717, 1.165) is 0 Å². The summed E-state index contributed by atoms with van der Waals surface area (Å²) in [6.07, 6.45) is -0.626. The fraction of sp³-hybridized carbons (Fsp3) is 0.545. The first-order valence-electron chi connectivity index (χ1n) is 5.67. The summed E-state index contributed by atoms with van der Waals surface area (Å²) in [5.74, 6) is 0.186.